The highest BCUT2D eigenvalue weighted by atomic mass is 35.5. The Bertz CT molecular complexity index is 1370. The maximum Gasteiger partial charge on any atom is 0.345 e. The number of para-hydroxylation sites is 1. The first kappa shape index (κ1) is 17.5. The minimum absolute atomic E-state index is 0.393. The largest absolute Gasteiger partial charge is 0.422 e. The number of hydrogen-bond acceptors (Lipinski definition) is 4. The third-order valence-corrected chi connectivity index (χ3v) is 6.37. The van der Waals surface area contributed by atoms with Gasteiger partial charge >= 0.3 is 5.63 Å². The zero-order chi connectivity index (χ0) is 19.3. The molecule has 0 spiro atoms. The highest BCUT2D eigenvalue weighted by Crippen LogP contribution is 2.30. The summed E-state index contributed by atoms with van der Waals surface area (Å²) in [5.74, 6) is 0. The molecule has 0 aliphatic carbocycles. The Morgan fingerprint density at radius 1 is 1.07 bits per heavy atom. The van der Waals surface area contributed by atoms with Gasteiger partial charge in [0.1, 0.15) is 5.58 Å². The molecule has 0 aliphatic rings. The SMILES string of the molecule is O=c1oc2ccccc2cc1-c1cn2cc(Cc3cccc(Cl)c3Cl)sc2n1. The Morgan fingerprint density at radius 3 is 2.79 bits per heavy atom. The molecule has 0 saturated carbocycles. The van der Waals surface area contributed by atoms with Crippen LogP contribution in [0.15, 0.2) is 70.1 Å². The number of rotatable bonds is 3. The van der Waals surface area contributed by atoms with E-state index in [1.54, 1.807) is 23.5 Å². The summed E-state index contributed by atoms with van der Waals surface area (Å²) in [5, 5.41) is 1.99. The van der Waals surface area contributed by atoms with Crippen LogP contribution < -0.4 is 5.63 Å². The first-order valence-corrected chi connectivity index (χ1v) is 10.1. The summed E-state index contributed by atoms with van der Waals surface area (Å²) in [6, 6.07) is 14.9. The number of thiazole rings is 1. The van der Waals surface area contributed by atoms with Crippen molar-refractivity contribution in [3.8, 4) is 11.3 Å². The number of imidazole rings is 1. The maximum atomic E-state index is 12.4. The normalized spacial score (nSPS) is 11.5. The van der Waals surface area contributed by atoms with Gasteiger partial charge in [0.05, 0.1) is 21.3 Å². The van der Waals surface area contributed by atoms with Crippen molar-refractivity contribution in [3.63, 3.8) is 0 Å². The van der Waals surface area contributed by atoms with Gasteiger partial charge in [-0.1, -0.05) is 53.5 Å². The molecule has 5 aromatic rings. The number of fused-ring (bicyclic) bond motifs is 2. The second-order valence-electron chi connectivity index (χ2n) is 6.39. The van der Waals surface area contributed by atoms with Crippen LogP contribution in [-0.2, 0) is 6.42 Å². The minimum Gasteiger partial charge on any atom is -0.422 e. The van der Waals surface area contributed by atoms with E-state index in [-0.39, 0.29) is 0 Å². The fraction of sp³-hybridized carbons (Fsp3) is 0.0476. The second-order valence-corrected chi connectivity index (χ2v) is 8.27. The molecule has 7 heteroatoms. The van der Waals surface area contributed by atoms with E-state index in [1.807, 2.05) is 53.2 Å². The Kier molecular flexibility index (Phi) is 4.23. The van der Waals surface area contributed by atoms with Crippen LogP contribution in [0.3, 0.4) is 0 Å². The molecular formula is C21H12Cl2N2O2S. The smallest absolute Gasteiger partial charge is 0.345 e. The third-order valence-electron chi connectivity index (χ3n) is 4.52. The summed E-state index contributed by atoms with van der Waals surface area (Å²) < 4.78 is 7.34. The van der Waals surface area contributed by atoms with Gasteiger partial charge in [0, 0.05) is 29.1 Å². The molecule has 5 rings (SSSR count). The van der Waals surface area contributed by atoms with Gasteiger partial charge in [0.15, 0.2) is 4.96 Å². The topological polar surface area (TPSA) is 47.5 Å². The predicted octanol–water partition coefficient (Wildman–Crippen LogP) is 6.07. The number of halogens is 2. The molecular weight excluding hydrogens is 415 g/mol. The van der Waals surface area contributed by atoms with E-state index in [0.717, 1.165) is 20.8 Å². The van der Waals surface area contributed by atoms with Gasteiger partial charge in [0.25, 0.3) is 0 Å². The highest BCUT2D eigenvalue weighted by molar-refractivity contribution is 7.17. The Hall–Kier alpha value is -2.60. The molecule has 0 amide bonds. The van der Waals surface area contributed by atoms with E-state index in [0.29, 0.717) is 33.3 Å². The van der Waals surface area contributed by atoms with Crippen molar-refractivity contribution in [2.45, 2.75) is 6.42 Å². The predicted molar refractivity (Wildman–Crippen MR) is 114 cm³/mol. The highest BCUT2D eigenvalue weighted by Gasteiger charge is 2.14. The van der Waals surface area contributed by atoms with Crippen LogP contribution in [0.4, 0.5) is 0 Å². The summed E-state index contributed by atoms with van der Waals surface area (Å²) in [4.78, 5) is 18.9. The van der Waals surface area contributed by atoms with E-state index in [2.05, 4.69) is 4.98 Å². The fourth-order valence-electron chi connectivity index (χ4n) is 3.17. The molecule has 0 atom stereocenters. The van der Waals surface area contributed by atoms with Gasteiger partial charge in [-0.25, -0.2) is 9.78 Å². The molecule has 2 aromatic carbocycles. The lowest BCUT2D eigenvalue weighted by atomic mass is 10.1. The monoisotopic (exact) mass is 426 g/mol. The quantitative estimate of drug-likeness (QED) is 0.329. The van der Waals surface area contributed by atoms with E-state index >= 15 is 0 Å². The lowest BCUT2D eigenvalue weighted by Gasteiger charge is -2.03. The number of nitrogens with zero attached hydrogens (tertiary/aromatic N) is 2. The van der Waals surface area contributed by atoms with E-state index in [9.17, 15) is 4.79 Å². The lowest BCUT2D eigenvalue weighted by Crippen LogP contribution is -2.02. The number of benzene rings is 2. The van der Waals surface area contributed by atoms with Crippen molar-refractivity contribution >= 4 is 50.5 Å². The van der Waals surface area contributed by atoms with Crippen molar-refractivity contribution in [1.82, 2.24) is 9.38 Å². The van der Waals surface area contributed by atoms with Gasteiger partial charge in [-0.2, -0.15) is 0 Å². The summed E-state index contributed by atoms with van der Waals surface area (Å²) in [5.41, 5.74) is 2.19. The molecule has 138 valence electrons. The Balaban J connectivity index is 1.52. The Morgan fingerprint density at radius 2 is 1.93 bits per heavy atom. The molecule has 0 aliphatic heterocycles. The second kappa shape index (κ2) is 6.78. The number of aromatic nitrogens is 2. The van der Waals surface area contributed by atoms with Crippen LogP contribution in [-0.4, -0.2) is 9.38 Å². The molecule has 3 aromatic heterocycles. The van der Waals surface area contributed by atoms with Crippen molar-refractivity contribution in [3.05, 3.63) is 91.8 Å². The molecule has 3 heterocycles. The van der Waals surface area contributed by atoms with E-state index < -0.39 is 5.63 Å². The molecule has 0 bridgehead atoms. The van der Waals surface area contributed by atoms with Crippen LogP contribution in [0.25, 0.3) is 27.2 Å². The van der Waals surface area contributed by atoms with Crippen molar-refractivity contribution < 1.29 is 4.42 Å². The van der Waals surface area contributed by atoms with Crippen LogP contribution in [0.1, 0.15) is 10.4 Å². The summed E-state index contributed by atoms with van der Waals surface area (Å²) >= 11 is 13.9. The average Bonchev–Trinajstić information content (AvgIpc) is 3.23. The Labute approximate surface area is 173 Å². The van der Waals surface area contributed by atoms with Gasteiger partial charge in [-0.15, -0.1) is 11.3 Å². The van der Waals surface area contributed by atoms with E-state index in [4.69, 9.17) is 27.6 Å². The molecule has 4 nitrogen and oxygen atoms in total. The standard InChI is InChI=1S/C21H12Cl2N2O2S/c22-16-6-3-5-13(19(16)23)8-14-10-25-11-17(24-21(25)28-14)15-9-12-4-1-2-7-18(12)27-20(15)26/h1-7,9-11H,8H2. The van der Waals surface area contributed by atoms with Crippen LogP contribution in [0.5, 0.6) is 0 Å². The van der Waals surface area contributed by atoms with Crippen LogP contribution in [0.2, 0.25) is 10.0 Å². The zero-order valence-electron chi connectivity index (χ0n) is 14.4. The van der Waals surface area contributed by atoms with E-state index in [1.165, 1.54) is 0 Å². The summed E-state index contributed by atoms with van der Waals surface area (Å²) in [7, 11) is 0. The molecule has 28 heavy (non-hydrogen) atoms. The maximum absolute atomic E-state index is 12.4. The molecule has 0 fully saturated rings. The van der Waals surface area contributed by atoms with Gasteiger partial charge < -0.3 is 4.42 Å². The number of hydrogen-bond donors (Lipinski definition) is 0. The first-order valence-electron chi connectivity index (χ1n) is 8.52. The van der Waals surface area contributed by atoms with Crippen LogP contribution >= 0.6 is 34.5 Å². The third kappa shape index (κ3) is 3.02. The molecule has 0 radical (unpaired) electrons. The molecule has 0 saturated heterocycles. The van der Waals surface area contributed by atoms with Crippen molar-refractivity contribution in [2.24, 2.45) is 0 Å². The van der Waals surface area contributed by atoms with Gasteiger partial charge in [0.2, 0.25) is 0 Å². The molecule has 0 unspecified atom stereocenters. The average molecular weight is 427 g/mol. The van der Waals surface area contributed by atoms with Gasteiger partial charge in [-0.3, -0.25) is 4.40 Å². The fourth-order valence-corrected chi connectivity index (χ4v) is 4.54. The lowest BCUT2D eigenvalue weighted by molar-refractivity contribution is 0.563. The van der Waals surface area contributed by atoms with Crippen LogP contribution in [0, 0.1) is 0 Å². The minimum atomic E-state index is -0.393. The summed E-state index contributed by atoms with van der Waals surface area (Å²) in [6.45, 7) is 0. The zero-order valence-corrected chi connectivity index (χ0v) is 16.7. The van der Waals surface area contributed by atoms with Crippen molar-refractivity contribution in [1.29, 1.82) is 0 Å². The van der Waals surface area contributed by atoms with Gasteiger partial charge in [-0.05, 0) is 23.8 Å². The van der Waals surface area contributed by atoms with Crippen molar-refractivity contribution in [2.75, 3.05) is 0 Å². The molecule has 0 N–H and O–H groups in total. The first-order chi connectivity index (χ1) is 13.6. The summed E-state index contributed by atoms with van der Waals surface area (Å²) in [6.07, 6.45) is 4.51.